The second-order valence-electron chi connectivity index (χ2n) is 5.43. The lowest BCUT2D eigenvalue weighted by atomic mass is 9.94. The van der Waals surface area contributed by atoms with Crippen LogP contribution in [0, 0.1) is 0 Å². The Hall–Kier alpha value is -0.900. The molecule has 2 unspecified atom stereocenters. The predicted octanol–water partition coefficient (Wildman–Crippen LogP) is 4.68. The molecular formula is C19H39NO2. The smallest absolute Gasteiger partial charge is 0.0351 e. The van der Waals surface area contributed by atoms with Crippen LogP contribution >= 0.6 is 0 Å². The molecule has 0 saturated heterocycles. The van der Waals surface area contributed by atoms with Crippen LogP contribution in [-0.2, 0) is 9.47 Å². The number of benzene rings is 1. The first-order chi connectivity index (χ1) is 10.4. The minimum absolute atomic E-state index is 0.586. The Bertz CT molecular complexity index is 284. The molecule has 1 aromatic rings. The van der Waals surface area contributed by atoms with Crippen LogP contribution in [0.4, 0.5) is 0 Å². The maximum absolute atomic E-state index is 4.25. The van der Waals surface area contributed by atoms with Gasteiger partial charge in [-0.15, -0.1) is 0 Å². The maximum Gasteiger partial charge on any atom is 0.0351 e. The fourth-order valence-corrected chi connectivity index (χ4v) is 1.48. The highest BCUT2D eigenvalue weighted by Gasteiger charge is 2.15. The molecule has 0 aliphatic rings. The standard InChI is InChI=1S/C12H19N.C3H8.2C2H6O/c1-10(11(2)13(3)4)12-8-6-5-7-9-12;3*1-3-2/h5-11H,1-4H3;3H2,1-2H3;2*1-2H3. The fraction of sp³-hybridized carbons (Fsp3) is 0.684. The van der Waals surface area contributed by atoms with Crippen molar-refractivity contribution in [3.63, 3.8) is 0 Å². The summed E-state index contributed by atoms with van der Waals surface area (Å²) >= 11 is 0. The average molecular weight is 314 g/mol. The van der Waals surface area contributed by atoms with E-state index < -0.39 is 0 Å². The number of hydrogen-bond donors (Lipinski definition) is 0. The summed E-state index contributed by atoms with van der Waals surface area (Å²) in [5.74, 6) is 0.594. The van der Waals surface area contributed by atoms with Gasteiger partial charge in [-0.25, -0.2) is 0 Å². The van der Waals surface area contributed by atoms with Crippen molar-refractivity contribution in [1.82, 2.24) is 4.90 Å². The molecule has 132 valence electrons. The van der Waals surface area contributed by atoms with Gasteiger partial charge < -0.3 is 14.4 Å². The molecule has 3 nitrogen and oxygen atoms in total. The van der Waals surface area contributed by atoms with Crippen molar-refractivity contribution >= 4 is 0 Å². The lowest BCUT2D eigenvalue weighted by Crippen LogP contribution is -2.29. The van der Waals surface area contributed by atoms with Crippen molar-refractivity contribution in [2.24, 2.45) is 0 Å². The highest BCUT2D eigenvalue weighted by molar-refractivity contribution is 5.20. The number of ether oxygens (including phenoxy) is 2. The molecule has 0 N–H and O–H groups in total. The maximum atomic E-state index is 4.25. The van der Waals surface area contributed by atoms with Crippen molar-refractivity contribution in [3.05, 3.63) is 35.9 Å². The highest BCUT2D eigenvalue weighted by atomic mass is 16.5. The van der Waals surface area contributed by atoms with Crippen LogP contribution in [0.2, 0.25) is 0 Å². The zero-order chi connectivity index (χ0) is 18.0. The minimum atomic E-state index is 0.586. The Balaban J connectivity index is -0.000000334. The fourth-order valence-electron chi connectivity index (χ4n) is 1.48. The molecular weight excluding hydrogens is 274 g/mol. The number of rotatable bonds is 3. The molecule has 0 bridgehead atoms. The van der Waals surface area contributed by atoms with Crippen molar-refractivity contribution in [1.29, 1.82) is 0 Å². The van der Waals surface area contributed by atoms with E-state index in [0.29, 0.717) is 12.0 Å². The van der Waals surface area contributed by atoms with Crippen LogP contribution in [-0.4, -0.2) is 53.5 Å². The summed E-state index contributed by atoms with van der Waals surface area (Å²) in [6, 6.07) is 11.3. The van der Waals surface area contributed by atoms with E-state index in [0.717, 1.165) is 0 Å². The molecule has 0 radical (unpaired) electrons. The molecule has 0 spiro atoms. The van der Waals surface area contributed by atoms with Gasteiger partial charge in [0.05, 0.1) is 0 Å². The second-order valence-corrected chi connectivity index (χ2v) is 5.43. The molecule has 0 aromatic heterocycles. The lowest BCUT2D eigenvalue weighted by molar-refractivity contribution is 0.277. The molecule has 1 aromatic carbocycles. The van der Waals surface area contributed by atoms with Crippen molar-refractivity contribution < 1.29 is 9.47 Å². The highest BCUT2D eigenvalue weighted by Crippen LogP contribution is 2.20. The van der Waals surface area contributed by atoms with Gasteiger partial charge in [0, 0.05) is 34.5 Å². The van der Waals surface area contributed by atoms with Gasteiger partial charge in [-0.2, -0.15) is 0 Å². The Morgan fingerprint density at radius 1 is 0.864 bits per heavy atom. The molecule has 0 saturated carbocycles. The monoisotopic (exact) mass is 313 g/mol. The van der Waals surface area contributed by atoms with Crippen molar-refractivity contribution in [2.75, 3.05) is 42.5 Å². The van der Waals surface area contributed by atoms with E-state index in [1.807, 2.05) is 0 Å². The molecule has 0 heterocycles. The van der Waals surface area contributed by atoms with E-state index in [4.69, 9.17) is 0 Å². The van der Waals surface area contributed by atoms with Crippen molar-refractivity contribution in [2.45, 2.75) is 46.1 Å². The summed E-state index contributed by atoms with van der Waals surface area (Å²) in [4.78, 5) is 2.26. The van der Waals surface area contributed by atoms with Gasteiger partial charge in [-0.3, -0.25) is 0 Å². The Labute approximate surface area is 139 Å². The summed E-state index contributed by atoms with van der Waals surface area (Å²) in [5, 5.41) is 0. The SMILES string of the molecule is CC(c1ccccc1)C(C)N(C)C.CCC.COC.COC. The first-order valence-corrected chi connectivity index (χ1v) is 7.89. The van der Waals surface area contributed by atoms with Gasteiger partial charge >= 0.3 is 0 Å². The molecule has 0 aliphatic carbocycles. The van der Waals surface area contributed by atoms with Gasteiger partial charge in [0.25, 0.3) is 0 Å². The van der Waals surface area contributed by atoms with Crippen LogP contribution in [0.5, 0.6) is 0 Å². The van der Waals surface area contributed by atoms with Crippen molar-refractivity contribution in [3.8, 4) is 0 Å². The topological polar surface area (TPSA) is 21.7 Å². The summed E-state index contributed by atoms with van der Waals surface area (Å²) in [7, 11) is 10.8. The molecule has 0 fully saturated rings. The van der Waals surface area contributed by atoms with Crippen LogP contribution in [0.1, 0.15) is 45.6 Å². The van der Waals surface area contributed by atoms with E-state index in [2.05, 4.69) is 86.5 Å². The second kappa shape index (κ2) is 20.1. The molecule has 0 amide bonds. The normalized spacial score (nSPS) is 11.8. The predicted molar refractivity (Wildman–Crippen MR) is 99.8 cm³/mol. The lowest BCUT2D eigenvalue weighted by Gasteiger charge is -2.26. The van der Waals surface area contributed by atoms with Crippen LogP contribution in [0.25, 0.3) is 0 Å². The summed E-state index contributed by atoms with van der Waals surface area (Å²) < 4.78 is 8.50. The number of likely N-dealkylation sites (N-methyl/N-ethyl adjacent to an activating group) is 1. The molecule has 3 heteroatoms. The van der Waals surface area contributed by atoms with E-state index in [9.17, 15) is 0 Å². The van der Waals surface area contributed by atoms with Crippen LogP contribution in [0.3, 0.4) is 0 Å². The largest absolute Gasteiger partial charge is 0.388 e. The molecule has 1 rings (SSSR count). The average Bonchev–Trinajstić information content (AvgIpc) is 2.49. The molecule has 2 atom stereocenters. The minimum Gasteiger partial charge on any atom is -0.388 e. The van der Waals surface area contributed by atoms with E-state index in [-0.39, 0.29) is 0 Å². The third-order valence-corrected chi connectivity index (χ3v) is 2.86. The van der Waals surface area contributed by atoms with E-state index >= 15 is 0 Å². The third kappa shape index (κ3) is 17.2. The summed E-state index contributed by atoms with van der Waals surface area (Å²) in [5.41, 5.74) is 1.42. The van der Waals surface area contributed by atoms with Gasteiger partial charge in [0.1, 0.15) is 0 Å². The third-order valence-electron chi connectivity index (χ3n) is 2.86. The first-order valence-electron chi connectivity index (χ1n) is 7.89. The summed E-state index contributed by atoms with van der Waals surface area (Å²) in [6.07, 6.45) is 1.25. The molecule has 0 aliphatic heterocycles. The number of nitrogens with zero attached hydrogens (tertiary/aromatic N) is 1. The summed E-state index contributed by atoms with van der Waals surface area (Å²) in [6.45, 7) is 8.79. The number of methoxy groups -OCH3 is 2. The molecule has 22 heavy (non-hydrogen) atoms. The Kier molecular flexibility index (Phi) is 23.8. The quantitative estimate of drug-likeness (QED) is 0.808. The van der Waals surface area contributed by atoms with E-state index in [1.165, 1.54) is 12.0 Å². The van der Waals surface area contributed by atoms with Gasteiger partial charge in [0.2, 0.25) is 0 Å². The number of hydrogen-bond acceptors (Lipinski definition) is 3. The Morgan fingerprint density at radius 2 is 1.18 bits per heavy atom. The van der Waals surface area contributed by atoms with Crippen LogP contribution < -0.4 is 0 Å². The van der Waals surface area contributed by atoms with Crippen LogP contribution in [0.15, 0.2) is 30.3 Å². The Morgan fingerprint density at radius 3 is 1.45 bits per heavy atom. The zero-order valence-electron chi connectivity index (χ0n) is 16.5. The zero-order valence-corrected chi connectivity index (χ0v) is 16.5. The first kappa shape index (κ1) is 26.0. The van der Waals surface area contributed by atoms with Gasteiger partial charge in [-0.1, -0.05) is 57.5 Å². The van der Waals surface area contributed by atoms with Gasteiger partial charge in [0.15, 0.2) is 0 Å². The van der Waals surface area contributed by atoms with E-state index in [1.54, 1.807) is 28.4 Å². The van der Waals surface area contributed by atoms with Gasteiger partial charge in [-0.05, 0) is 32.5 Å².